The van der Waals surface area contributed by atoms with Gasteiger partial charge in [-0.2, -0.15) is 0 Å². The maximum atomic E-state index is 13.6. The molecule has 0 bridgehead atoms. The summed E-state index contributed by atoms with van der Waals surface area (Å²) in [5, 5.41) is 15.0. The van der Waals surface area contributed by atoms with E-state index in [0.717, 1.165) is 12.8 Å². The highest BCUT2D eigenvalue weighted by Crippen LogP contribution is 2.44. The van der Waals surface area contributed by atoms with Crippen LogP contribution in [0.15, 0.2) is 12.2 Å². The van der Waals surface area contributed by atoms with E-state index in [9.17, 15) is 14.4 Å². The molecule has 0 aromatic rings. The summed E-state index contributed by atoms with van der Waals surface area (Å²) in [7, 11) is 1.59. The van der Waals surface area contributed by atoms with Gasteiger partial charge in [-0.3, -0.25) is 14.4 Å². The number of amides is 3. The number of nitrogens with zero attached hydrogens (tertiary/aromatic N) is 1. The highest BCUT2D eigenvalue weighted by Gasteiger charge is 2.56. The quantitative estimate of drug-likeness (QED) is 0.372. The normalized spacial score (nSPS) is 27.9. The third kappa shape index (κ3) is 6.12. The van der Waals surface area contributed by atoms with E-state index in [0.29, 0.717) is 19.4 Å². The maximum absolute atomic E-state index is 13.6. The van der Waals surface area contributed by atoms with Crippen molar-refractivity contribution in [3.8, 4) is 0 Å². The fraction of sp³-hybridized carbons (Fsp3) is 0.800. The predicted octanol–water partition coefficient (Wildman–Crippen LogP) is 2.49. The van der Waals surface area contributed by atoms with Gasteiger partial charge in [0.25, 0.3) is 0 Å². The van der Waals surface area contributed by atoms with Crippen molar-refractivity contribution >= 4 is 17.7 Å². The van der Waals surface area contributed by atoms with Crippen molar-refractivity contribution in [1.82, 2.24) is 15.5 Å². The third-order valence-electron chi connectivity index (χ3n) is 6.58. The molecule has 32 heavy (non-hydrogen) atoms. The van der Waals surface area contributed by atoms with Gasteiger partial charge in [0.1, 0.15) is 6.04 Å². The first kappa shape index (κ1) is 26.4. The number of carbonyl (C=O) groups is 3. The molecule has 1 saturated heterocycles. The van der Waals surface area contributed by atoms with Crippen LogP contribution in [-0.2, 0) is 14.4 Å². The summed E-state index contributed by atoms with van der Waals surface area (Å²) >= 11 is 0. The molecule has 7 heteroatoms. The number of allylic oxidation sites excluding steroid dienone is 1. The molecular formula is C25H43N3O4. The standard InChI is InChI=1S/C25H43N3O4/c1-16-11-12-17-19(18(16)21(30)26-7)23(32)28(13-9-8-10-14-29)20(17)22(31)27-25(5,6)15-24(2,3)4/h11-12,16-20,29H,8-10,13-15H2,1-7H3,(H,26,30)(H,27,31)/t16-,17+,18-,19+,20+/m1/s1. The van der Waals surface area contributed by atoms with Crippen molar-refractivity contribution < 1.29 is 19.5 Å². The molecule has 2 aliphatic rings. The van der Waals surface area contributed by atoms with Gasteiger partial charge < -0.3 is 20.6 Å². The number of carbonyl (C=O) groups excluding carboxylic acids is 3. The molecule has 2 rings (SSSR count). The van der Waals surface area contributed by atoms with Gasteiger partial charge >= 0.3 is 0 Å². The second-order valence-corrected chi connectivity index (χ2v) is 11.4. The molecule has 7 nitrogen and oxygen atoms in total. The molecule has 182 valence electrons. The Morgan fingerprint density at radius 1 is 1.06 bits per heavy atom. The predicted molar refractivity (Wildman–Crippen MR) is 126 cm³/mol. The van der Waals surface area contributed by atoms with Crippen LogP contribution in [0.25, 0.3) is 0 Å². The molecule has 0 radical (unpaired) electrons. The largest absolute Gasteiger partial charge is 0.396 e. The van der Waals surface area contributed by atoms with Crippen molar-refractivity contribution in [2.75, 3.05) is 20.2 Å². The molecule has 0 aromatic heterocycles. The first-order chi connectivity index (χ1) is 14.8. The monoisotopic (exact) mass is 449 g/mol. The lowest BCUT2D eigenvalue weighted by Crippen LogP contribution is -2.54. The average Bonchev–Trinajstić information content (AvgIpc) is 2.94. The van der Waals surface area contributed by atoms with E-state index < -0.39 is 23.4 Å². The minimum absolute atomic E-state index is 0.0409. The second-order valence-electron chi connectivity index (χ2n) is 11.4. The Morgan fingerprint density at radius 3 is 2.28 bits per heavy atom. The lowest BCUT2D eigenvalue weighted by molar-refractivity contribution is -0.141. The van der Waals surface area contributed by atoms with E-state index in [-0.39, 0.29) is 41.6 Å². The van der Waals surface area contributed by atoms with Gasteiger partial charge in [-0.25, -0.2) is 0 Å². The Labute approximate surface area is 193 Å². The molecule has 3 N–H and O–H groups in total. The second kappa shape index (κ2) is 10.4. The lowest BCUT2D eigenvalue weighted by Gasteiger charge is -2.37. The number of likely N-dealkylation sites (tertiary alicyclic amines) is 1. The number of fused-ring (bicyclic) bond motifs is 1. The van der Waals surface area contributed by atoms with Crippen LogP contribution in [0.1, 0.15) is 67.2 Å². The molecular weight excluding hydrogens is 406 g/mol. The molecule has 1 fully saturated rings. The molecule has 0 saturated carbocycles. The number of unbranched alkanes of at least 4 members (excludes halogenated alkanes) is 2. The molecule has 1 heterocycles. The molecule has 1 aliphatic carbocycles. The molecule has 1 aliphatic heterocycles. The van der Waals surface area contributed by atoms with Crippen molar-refractivity contribution in [1.29, 1.82) is 0 Å². The Morgan fingerprint density at radius 2 is 1.72 bits per heavy atom. The Balaban J connectivity index is 2.35. The zero-order valence-corrected chi connectivity index (χ0v) is 20.9. The van der Waals surface area contributed by atoms with Crippen LogP contribution >= 0.6 is 0 Å². The van der Waals surface area contributed by atoms with Crippen molar-refractivity contribution in [2.24, 2.45) is 29.1 Å². The zero-order valence-electron chi connectivity index (χ0n) is 20.9. The van der Waals surface area contributed by atoms with E-state index in [1.807, 2.05) is 32.9 Å². The lowest BCUT2D eigenvalue weighted by atomic mass is 9.70. The van der Waals surface area contributed by atoms with Crippen LogP contribution in [-0.4, -0.2) is 59.5 Å². The smallest absolute Gasteiger partial charge is 0.243 e. The summed E-state index contributed by atoms with van der Waals surface area (Å²) in [5.41, 5.74) is -0.385. The van der Waals surface area contributed by atoms with E-state index in [4.69, 9.17) is 5.11 Å². The third-order valence-corrected chi connectivity index (χ3v) is 6.58. The van der Waals surface area contributed by atoms with Gasteiger partial charge in [0, 0.05) is 31.7 Å². The number of aliphatic hydroxyl groups excluding tert-OH is 1. The minimum atomic E-state index is -0.628. The van der Waals surface area contributed by atoms with Gasteiger partial charge in [-0.15, -0.1) is 0 Å². The fourth-order valence-corrected chi connectivity index (χ4v) is 5.75. The molecule has 0 spiro atoms. The Hall–Kier alpha value is -1.89. The van der Waals surface area contributed by atoms with E-state index >= 15 is 0 Å². The topological polar surface area (TPSA) is 98.7 Å². The highest BCUT2D eigenvalue weighted by atomic mass is 16.3. The summed E-state index contributed by atoms with van der Waals surface area (Å²) in [6.07, 6.45) is 6.91. The maximum Gasteiger partial charge on any atom is 0.243 e. The fourth-order valence-electron chi connectivity index (χ4n) is 5.75. The van der Waals surface area contributed by atoms with E-state index in [1.54, 1.807) is 11.9 Å². The molecule has 5 atom stereocenters. The average molecular weight is 450 g/mol. The Kier molecular flexibility index (Phi) is 8.54. The van der Waals surface area contributed by atoms with Gasteiger partial charge in [-0.1, -0.05) is 39.8 Å². The summed E-state index contributed by atoms with van der Waals surface area (Å²) in [6.45, 7) is 13.0. The summed E-state index contributed by atoms with van der Waals surface area (Å²) < 4.78 is 0. The first-order valence-corrected chi connectivity index (χ1v) is 12.0. The van der Waals surface area contributed by atoms with Gasteiger partial charge in [0.2, 0.25) is 17.7 Å². The van der Waals surface area contributed by atoms with Crippen LogP contribution in [0.3, 0.4) is 0 Å². The number of aliphatic hydroxyl groups is 1. The van der Waals surface area contributed by atoms with Gasteiger partial charge in [-0.05, 0) is 50.9 Å². The molecule has 3 amide bonds. The number of hydrogen-bond acceptors (Lipinski definition) is 4. The molecule has 0 aromatic carbocycles. The number of rotatable bonds is 9. The zero-order chi connectivity index (χ0) is 24.3. The van der Waals surface area contributed by atoms with Crippen LogP contribution in [0.4, 0.5) is 0 Å². The van der Waals surface area contributed by atoms with E-state index in [2.05, 4.69) is 31.4 Å². The molecule has 0 unspecified atom stereocenters. The Bertz CT molecular complexity index is 725. The van der Waals surface area contributed by atoms with Crippen molar-refractivity contribution in [2.45, 2.75) is 78.8 Å². The minimum Gasteiger partial charge on any atom is -0.396 e. The van der Waals surface area contributed by atoms with Crippen LogP contribution in [0.2, 0.25) is 0 Å². The van der Waals surface area contributed by atoms with Crippen LogP contribution < -0.4 is 10.6 Å². The number of hydrogen-bond donors (Lipinski definition) is 3. The summed E-state index contributed by atoms with van der Waals surface area (Å²) in [6, 6.07) is -0.628. The van der Waals surface area contributed by atoms with Gasteiger partial charge in [0.15, 0.2) is 0 Å². The first-order valence-electron chi connectivity index (χ1n) is 12.0. The highest BCUT2D eigenvalue weighted by molar-refractivity contribution is 5.96. The van der Waals surface area contributed by atoms with Crippen LogP contribution in [0.5, 0.6) is 0 Å². The van der Waals surface area contributed by atoms with E-state index in [1.165, 1.54) is 0 Å². The number of nitrogens with one attached hydrogen (secondary N) is 2. The SMILES string of the molecule is CNC(=O)[C@H]1[C@H]2C(=O)N(CCCCCO)[C@H](C(=O)NC(C)(C)CC(C)(C)C)[C@H]2C=C[C@H]1C. The van der Waals surface area contributed by atoms with Crippen LogP contribution in [0, 0.1) is 29.1 Å². The van der Waals surface area contributed by atoms with Gasteiger partial charge in [0.05, 0.1) is 11.8 Å². The summed E-state index contributed by atoms with van der Waals surface area (Å²) in [5.74, 6) is -1.84. The van der Waals surface area contributed by atoms with Crippen molar-refractivity contribution in [3.63, 3.8) is 0 Å². The summed E-state index contributed by atoms with van der Waals surface area (Å²) in [4.78, 5) is 41.5. The van der Waals surface area contributed by atoms with Crippen molar-refractivity contribution in [3.05, 3.63) is 12.2 Å².